The lowest BCUT2D eigenvalue weighted by atomic mass is 10.1. The Morgan fingerprint density at radius 1 is 1.15 bits per heavy atom. The van der Waals surface area contributed by atoms with Gasteiger partial charge in [-0.3, -0.25) is 9.48 Å². The molecule has 0 saturated carbocycles. The number of hydrogen-bond acceptors (Lipinski definition) is 5. The number of amides is 1. The molecule has 1 unspecified atom stereocenters. The summed E-state index contributed by atoms with van der Waals surface area (Å²) in [4.78, 5) is 14.5. The Hall–Kier alpha value is -3.22. The van der Waals surface area contributed by atoms with Gasteiger partial charge < -0.3 is 10.2 Å². The van der Waals surface area contributed by atoms with E-state index in [0.717, 1.165) is 30.9 Å². The van der Waals surface area contributed by atoms with Crippen LogP contribution in [0.25, 0.3) is 0 Å². The average molecular weight is 348 g/mol. The number of aryl methyl sites for hydroxylation is 1. The van der Waals surface area contributed by atoms with Gasteiger partial charge in [0.05, 0.1) is 12.2 Å². The van der Waals surface area contributed by atoms with Crippen LogP contribution in [0.5, 0.6) is 0 Å². The minimum Gasteiger partial charge on any atom is -0.348 e. The number of hydrogen-bond donors (Lipinski definition) is 1. The molecule has 1 N–H and O–H groups in total. The van der Waals surface area contributed by atoms with Gasteiger partial charge in [0.1, 0.15) is 0 Å². The summed E-state index contributed by atoms with van der Waals surface area (Å²) in [6.45, 7) is 0.920. The number of benzene rings is 1. The molecule has 1 amide bonds. The summed E-state index contributed by atoms with van der Waals surface area (Å²) in [5.74, 6) is 0.521. The minimum absolute atomic E-state index is 0.252. The second-order valence-electron chi connectivity index (χ2n) is 6.40. The van der Waals surface area contributed by atoms with Gasteiger partial charge in [-0.15, -0.1) is 10.2 Å². The van der Waals surface area contributed by atoms with Crippen LogP contribution in [0.2, 0.25) is 0 Å². The van der Waals surface area contributed by atoms with E-state index in [0.29, 0.717) is 5.69 Å². The van der Waals surface area contributed by atoms with Crippen molar-refractivity contribution in [2.45, 2.75) is 18.9 Å². The maximum Gasteiger partial charge on any atom is 0.276 e. The van der Waals surface area contributed by atoms with E-state index in [1.54, 1.807) is 6.07 Å². The summed E-state index contributed by atoms with van der Waals surface area (Å²) in [5, 5.41) is 15.5. The van der Waals surface area contributed by atoms with Gasteiger partial charge in [-0.2, -0.15) is 5.10 Å². The van der Waals surface area contributed by atoms with Crippen molar-refractivity contribution in [1.82, 2.24) is 20.0 Å². The predicted octanol–water partition coefficient (Wildman–Crippen LogP) is 2.80. The maximum absolute atomic E-state index is 12.3. The molecule has 0 radical (unpaired) electrons. The Morgan fingerprint density at radius 2 is 2.00 bits per heavy atom. The van der Waals surface area contributed by atoms with Crippen molar-refractivity contribution in [2.75, 3.05) is 16.8 Å². The van der Waals surface area contributed by atoms with Crippen molar-refractivity contribution < 1.29 is 4.79 Å². The van der Waals surface area contributed by atoms with Gasteiger partial charge in [0.15, 0.2) is 11.5 Å². The Labute approximate surface area is 151 Å². The molecule has 0 spiro atoms. The van der Waals surface area contributed by atoms with Crippen LogP contribution in [0.15, 0.2) is 54.9 Å². The third-order valence-electron chi connectivity index (χ3n) is 4.57. The highest BCUT2D eigenvalue weighted by atomic mass is 16.1. The van der Waals surface area contributed by atoms with Crippen molar-refractivity contribution in [3.8, 4) is 0 Å². The summed E-state index contributed by atoms with van der Waals surface area (Å²) >= 11 is 0. The largest absolute Gasteiger partial charge is 0.348 e. The molecule has 4 rings (SSSR count). The summed E-state index contributed by atoms with van der Waals surface area (Å²) in [6.07, 6.45) is 6.09. The molecule has 1 aromatic carbocycles. The van der Waals surface area contributed by atoms with Gasteiger partial charge >= 0.3 is 0 Å². The fourth-order valence-corrected chi connectivity index (χ4v) is 3.32. The van der Waals surface area contributed by atoms with E-state index in [1.807, 2.05) is 60.5 Å². The van der Waals surface area contributed by atoms with E-state index in [2.05, 4.69) is 25.5 Å². The predicted molar refractivity (Wildman–Crippen MR) is 99.0 cm³/mol. The quantitative estimate of drug-likeness (QED) is 0.785. The number of nitrogens with one attached hydrogen (secondary N) is 1. The van der Waals surface area contributed by atoms with Crippen LogP contribution in [-0.2, 0) is 7.05 Å². The molecule has 26 heavy (non-hydrogen) atoms. The number of carbonyl (C=O) groups is 1. The van der Waals surface area contributed by atoms with Gasteiger partial charge in [-0.25, -0.2) is 0 Å². The summed E-state index contributed by atoms with van der Waals surface area (Å²) in [7, 11) is 1.92. The molecule has 2 aromatic heterocycles. The third kappa shape index (κ3) is 3.28. The number of rotatable bonds is 4. The molecular weight excluding hydrogens is 328 g/mol. The molecule has 0 bridgehead atoms. The van der Waals surface area contributed by atoms with E-state index in [1.165, 1.54) is 5.56 Å². The Morgan fingerprint density at radius 3 is 2.69 bits per heavy atom. The Bertz CT molecular complexity index is 890. The zero-order valence-corrected chi connectivity index (χ0v) is 14.5. The lowest BCUT2D eigenvalue weighted by molar-refractivity contribution is 0.102. The standard InChI is InChI=1S/C19H20N6O/c1-24-13-14(12-20-24)17-8-5-11-25(17)18-10-9-16(22-23-18)19(26)21-15-6-3-2-4-7-15/h2-4,6-7,9-10,12-13,17H,5,8,11H2,1H3,(H,21,26). The first-order valence-corrected chi connectivity index (χ1v) is 8.66. The third-order valence-corrected chi connectivity index (χ3v) is 4.57. The minimum atomic E-state index is -0.263. The topological polar surface area (TPSA) is 75.9 Å². The summed E-state index contributed by atoms with van der Waals surface area (Å²) in [5.41, 5.74) is 2.21. The first kappa shape index (κ1) is 16.3. The summed E-state index contributed by atoms with van der Waals surface area (Å²) in [6, 6.07) is 13.2. The van der Waals surface area contributed by atoms with Crippen LogP contribution in [0.1, 0.15) is 34.9 Å². The second kappa shape index (κ2) is 6.95. The summed E-state index contributed by atoms with van der Waals surface area (Å²) < 4.78 is 1.81. The molecule has 1 aliphatic heterocycles. The molecule has 1 aliphatic rings. The monoisotopic (exact) mass is 348 g/mol. The number of para-hydroxylation sites is 1. The highest BCUT2D eigenvalue weighted by Crippen LogP contribution is 2.34. The van der Waals surface area contributed by atoms with E-state index < -0.39 is 0 Å². The molecule has 1 fully saturated rings. The van der Waals surface area contributed by atoms with Gasteiger partial charge in [0, 0.05) is 31.0 Å². The fraction of sp³-hybridized carbons (Fsp3) is 0.263. The zero-order chi connectivity index (χ0) is 17.9. The van der Waals surface area contributed by atoms with Crippen LogP contribution in [0.3, 0.4) is 0 Å². The van der Waals surface area contributed by atoms with Crippen LogP contribution in [0, 0.1) is 0 Å². The molecule has 132 valence electrons. The molecular formula is C19H20N6O. The van der Waals surface area contributed by atoms with Gasteiger partial charge in [-0.1, -0.05) is 18.2 Å². The SMILES string of the molecule is Cn1cc(C2CCCN2c2ccc(C(=O)Nc3ccccc3)nn2)cn1. The smallest absolute Gasteiger partial charge is 0.276 e. The highest BCUT2D eigenvalue weighted by molar-refractivity contribution is 6.02. The molecule has 7 heteroatoms. The molecule has 1 atom stereocenters. The number of aromatic nitrogens is 4. The van der Waals surface area contributed by atoms with Gasteiger partial charge in [0.2, 0.25) is 0 Å². The second-order valence-corrected chi connectivity index (χ2v) is 6.40. The lowest BCUT2D eigenvalue weighted by Gasteiger charge is -2.24. The highest BCUT2D eigenvalue weighted by Gasteiger charge is 2.28. The molecule has 0 aliphatic carbocycles. The number of nitrogens with zero attached hydrogens (tertiary/aromatic N) is 5. The number of carbonyl (C=O) groups excluding carboxylic acids is 1. The van der Waals surface area contributed by atoms with Gasteiger partial charge in [-0.05, 0) is 37.1 Å². The van der Waals surface area contributed by atoms with Crippen molar-refractivity contribution in [2.24, 2.45) is 7.05 Å². The Kier molecular flexibility index (Phi) is 4.35. The van der Waals surface area contributed by atoms with Crippen molar-refractivity contribution in [1.29, 1.82) is 0 Å². The number of anilines is 2. The van der Waals surface area contributed by atoms with Crippen LogP contribution in [-0.4, -0.2) is 32.4 Å². The van der Waals surface area contributed by atoms with E-state index in [4.69, 9.17) is 0 Å². The average Bonchev–Trinajstić information content (AvgIpc) is 3.31. The molecule has 3 heterocycles. The molecule has 1 saturated heterocycles. The van der Waals surface area contributed by atoms with Gasteiger partial charge in [0.25, 0.3) is 5.91 Å². The molecule has 7 nitrogen and oxygen atoms in total. The lowest BCUT2D eigenvalue weighted by Crippen LogP contribution is -2.24. The van der Waals surface area contributed by atoms with Crippen molar-refractivity contribution in [3.05, 3.63) is 66.1 Å². The van der Waals surface area contributed by atoms with Crippen LogP contribution < -0.4 is 10.2 Å². The van der Waals surface area contributed by atoms with Crippen LogP contribution >= 0.6 is 0 Å². The Balaban J connectivity index is 1.49. The van der Waals surface area contributed by atoms with Crippen LogP contribution in [0.4, 0.5) is 11.5 Å². The van der Waals surface area contributed by atoms with E-state index in [-0.39, 0.29) is 11.9 Å². The zero-order valence-electron chi connectivity index (χ0n) is 14.5. The molecule has 3 aromatic rings. The van der Waals surface area contributed by atoms with Crippen molar-refractivity contribution >= 4 is 17.4 Å². The first-order chi connectivity index (χ1) is 12.7. The fourth-order valence-electron chi connectivity index (χ4n) is 3.32. The van der Waals surface area contributed by atoms with Crippen molar-refractivity contribution in [3.63, 3.8) is 0 Å². The normalized spacial score (nSPS) is 16.7. The first-order valence-electron chi connectivity index (χ1n) is 8.66. The van der Waals surface area contributed by atoms with E-state index in [9.17, 15) is 4.79 Å². The maximum atomic E-state index is 12.3. The van der Waals surface area contributed by atoms with E-state index >= 15 is 0 Å².